The quantitative estimate of drug-likeness (QED) is 0.609. The van der Waals surface area contributed by atoms with E-state index < -0.39 is 35.9 Å². The van der Waals surface area contributed by atoms with E-state index in [-0.39, 0.29) is 24.3 Å². The fourth-order valence-corrected chi connectivity index (χ4v) is 3.36. The van der Waals surface area contributed by atoms with Crippen LogP contribution in [0, 0.1) is 5.82 Å². The number of carbonyl (C=O) groups excluding carboxylic acids is 1. The summed E-state index contributed by atoms with van der Waals surface area (Å²) >= 11 is 0. The molecule has 160 valence electrons. The van der Waals surface area contributed by atoms with Crippen molar-refractivity contribution in [3.05, 3.63) is 54.3 Å². The summed E-state index contributed by atoms with van der Waals surface area (Å²) in [4.78, 5) is 22.5. The Bertz CT molecular complexity index is 875. The number of carboxylic acid groups (broad SMARTS) is 1. The van der Waals surface area contributed by atoms with E-state index in [1.54, 1.807) is 24.3 Å². The molecule has 1 saturated carbocycles. The van der Waals surface area contributed by atoms with Gasteiger partial charge in [-0.15, -0.1) is 0 Å². The Labute approximate surface area is 173 Å². The fourth-order valence-electron chi connectivity index (χ4n) is 3.36. The first-order chi connectivity index (χ1) is 14.4. The summed E-state index contributed by atoms with van der Waals surface area (Å²) in [5, 5.41) is 22.1. The van der Waals surface area contributed by atoms with Crippen LogP contribution in [-0.4, -0.2) is 40.3 Å². The van der Waals surface area contributed by atoms with Gasteiger partial charge in [0.25, 0.3) is 0 Å². The van der Waals surface area contributed by atoms with Crippen LogP contribution in [0.15, 0.2) is 48.5 Å². The average molecular weight is 417 g/mol. The minimum atomic E-state index is -1.06. The van der Waals surface area contributed by atoms with Gasteiger partial charge in [0.2, 0.25) is 5.91 Å². The van der Waals surface area contributed by atoms with Crippen LogP contribution in [-0.2, 0) is 9.59 Å². The number of hydrogen-bond acceptors (Lipinski definition) is 5. The minimum Gasteiger partial charge on any atom is -0.484 e. The van der Waals surface area contributed by atoms with Crippen molar-refractivity contribution in [3.63, 3.8) is 0 Å². The molecule has 1 amide bonds. The topological polar surface area (TPSA) is 105 Å². The maximum absolute atomic E-state index is 13.8. The monoisotopic (exact) mass is 417 g/mol. The van der Waals surface area contributed by atoms with E-state index in [2.05, 4.69) is 5.32 Å². The van der Waals surface area contributed by atoms with Crippen LogP contribution < -0.4 is 14.8 Å². The van der Waals surface area contributed by atoms with Crippen LogP contribution in [0.5, 0.6) is 17.2 Å². The summed E-state index contributed by atoms with van der Waals surface area (Å²) in [5.41, 5.74) is 0. The number of aliphatic carboxylic acids is 1. The zero-order chi connectivity index (χ0) is 21.5. The lowest BCUT2D eigenvalue weighted by Gasteiger charge is -2.35. The van der Waals surface area contributed by atoms with Crippen LogP contribution in [0.4, 0.5) is 4.39 Å². The summed E-state index contributed by atoms with van der Waals surface area (Å²) in [7, 11) is 0. The van der Waals surface area contributed by atoms with Gasteiger partial charge in [0.1, 0.15) is 23.8 Å². The molecule has 0 saturated heterocycles. The minimum absolute atomic E-state index is 0.156. The number of ether oxygens (including phenoxy) is 2. The predicted octanol–water partition coefficient (Wildman–Crippen LogP) is 3.26. The van der Waals surface area contributed by atoms with Crippen molar-refractivity contribution in [1.29, 1.82) is 0 Å². The van der Waals surface area contributed by atoms with Gasteiger partial charge in [-0.2, -0.15) is 0 Å². The number of halogens is 1. The van der Waals surface area contributed by atoms with Crippen molar-refractivity contribution in [3.8, 4) is 17.2 Å². The van der Waals surface area contributed by atoms with E-state index in [1.807, 2.05) is 6.07 Å². The number of carboxylic acids is 1. The first-order valence-electron chi connectivity index (χ1n) is 9.80. The molecular formula is C22H24FNO6. The van der Waals surface area contributed by atoms with Crippen molar-refractivity contribution in [2.45, 2.75) is 50.4 Å². The van der Waals surface area contributed by atoms with E-state index in [0.29, 0.717) is 25.0 Å². The predicted molar refractivity (Wildman–Crippen MR) is 106 cm³/mol. The van der Waals surface area contributed by atoms with Crippen molar-refractivity contribution < 1.29 is 33.7 Å². The van der Waals surface area contributed by atoms with E-state index in [0.717, 1.165) is 0 Å². The van der Waals surface area contributed by atoms with Crippen LogP contribution >= 0.6 is 0 Å². The Morgan fingerprint density at radius 2 is 1.83 bits per heavy atom. The van der Waals surface area contributed by atoms with Gasteiger partial charge < -0.3 is 25.0 Å². The van der Waals surface area contributed by atoms with Crippen LogP contribution in [0.2, 0.25) is 0 Å². The maximum atomic E-state index is 13.8. The second-order valence-corrected chi connectivity index (χ2v) is 7.15. The molecule has 7 nitrogen and oxygen atoms in total. The van der Waals surface area contributed by atoms with Gasteiger partial charge in [0.05, 0.1) is 12.5 Å². The molecule has 2 aromatic carbocycles. The molecule has 3 N–H and O–H groups in total. The average Bonchev–Trinajstić information content (AvgIpc) is 2.72. The Kier molecular flexibility index (Phi) is 7.24. The lowest BCUT2D eigenvalue weighted by atomic mass is 9.89. The molecule has 3 rings (SSSR count). The molecule has 0 heterocycles. The molecule has 0 unspecified atom stereocenters. The second-order valence-electron chi connectivity index (χ2n) is 7.15. The Hall–Kier alpha value is -3.13. The molecule has 0 aromatic heterocycles. The van der Waals surface area contributed by atoms with E-state index in [4.69, 9.17) is 14.6 Å². The Morgan fingerprint density at radius 3 is 2.57 bits per heavy atom. The molecule has 1 fully saturated rings. The van der Waals surface area contributed by atoms with Gasteiger partial charge in [-0.25, -0.2) is 4.39 Å². The fraction of sp³-hybridized carbons (Fsp3) is 0.364. The molecule has 8 heteroatoms. The number of aliphatic hydroxyl groups excluding tert-OH is 1. The first-order valence-corrected chi connectivity index (χ1v) is 9.80. The van der Waals surface area contributed by atoms with E-state index in [9.17, 15) is 19.1 Å². The number of aliphatic hydroxyl groups is 1. The highest BCUT2D eigenvalue weighted by atomic mass is 19.1. The molecule has 1 aliphatic rings. The van der Waals surface area contributed by atoms with Gasteiger partial charge in [-0.1, -0.05) is 18.2 Å². The summed E-state index contributed by atoms with van der Waals surface area (Å²) in [6.07, 6.45) is -0.265. The summed E-state index contributed by atoms with van der Waals surface area (Å²) < 4.78 is 25.5. The number of para-hydroxylation sites is 1. The van der Waals surface area contributed by atoms with Crippen molar-refractivity contribution in [2.75, 3.05) is 0 Å². The SMILES string of the molecule is O=C(O)CCC(=O)N[C@@H]1CCC[C@@H](Oc2ccc(F)cc2Oc2ccccc2)[C@@H]1O. The van der Waals surface area contributed by atoms with Gasteiger partial charge in [-0.3, -0.25) is 9.59 Å². The molecule has 0 bridgehead atoms. The van der Waals surface area contributed by atoms with Gasteiger partial charge in [0.15, 0.2) is 11.5 Å². The lowest BCUT2D eigenvalue weighted by Crippen LogP contribution is -2.52. The normalized spacial score (nSPS) is 20.9. The maximum Gasteiger partial charge on any atom is 0.303 e. The highest BCUT2D eigenvalue weighted by Gasteiger charge is 2.34. The summed E-state index contributed by atoms with van der Waals surface area (Å²) in [6, 6.07) is 12.2. The van der Waals surface area contributed by atoms with Gasteiger partial charge in [0, 0.05) is 12.5 Å². The highest BCUT2D eigenvalue weighted by Crippen LogP contribution is 2.35. The van der Waals surface area contributed by atoms with Crippen molar-refractivity contribution in [2.24, 2.45) is 0 Å². The molecule has 3 atom stereocenters. The third-order valence-electron chi connectivity index (χ3n) is 4.86. The smallest absolute Gasteiger partial charge is 0.303 e. The second kappa shape index (κ2) is 10.1. The van der Waals surface area contributed by atoms with Gasteiger partial charge >= 0.3 is 5.97 Å². The third kappa shape index (κ3) is 5.93. The number of amides is 1. The van der Waals surface area contributed by atoms with Crippen LogP contribution in [0.1, 0.15) is 32.1 Å². The molecule has 30 heavy (non-hydrogen) atoms. The number of hydrogen-bond donors (Lipinski definition) is 3. The van der Waals surface area contributed by atoms with Crippen LogP contribution in [0.25, 0.3) is 0 Å². The first kappa shape index (κ1) is 21.6. The molecule has 1 aliphatic carbocycles. The standard InChI is InChI=1S/C22H24FNO6/c23-14-9-10-17(19(13-14)29-15-5-2-1-3-6-15)30-18-8-4-7-16(22(18)28)24-20(25)11-12-21(26)27/h1-3,5-6,9-10,13,16,18,22,28H,4,7-8,11-12H2,(H,24,25)(H,26,27)/t16-,18-,22-/m1/s1. The molecule has 0 radical (unpaired) electrons. The Balaban J connectivity index is 1.68. The molecular weight excluding hydrogens is 393 g/mol. The van der Waals surface area contributed by atoms with Crippen molar-refractivity contribution in [1.82, 2.24) is 5.32 Å². The number of benzene rings is 2. The zero-order valence-corrected chi connectivity index (χ0v) is 16.3. The Morgan fingerprint density at radius 1 is 1.07 bits per heavy atom. The summed E-state index contributed by atoms with van der Waals surface area (Å²) in [6.45, 7) is 0. The van der Waals surface area contributed by atoms with E-state index in [1.165, 1.54) is 18.2 Å². The van der Waals surface area contributed by atoms with E-state index >= 15 is 0 Å². The summed E-state index contributed by atoms with van der Waals surface area (Å²) in [5.74, 6) is -1.00. The third-order valence-corrected chi connectivity index (χ3v) is 4.86. The van der Waals surface area contributed by atoms with Crippen molar-refractivity contribution >= 4 is 11.9 Å². The lowest BCUT2D eigenvalue weighted by molar-refractivity contribution is -0.139. The number of nitrogens with one attached hydrogen (secondary N) is 1. The van der Waals surface area contributed by atoms with Gasteiger partial charge in [-0.05, 0) is 43.5 Å². The van der Waals surface area contributed by atoms with Crippen LogP contribution in [0.3, 0.4) is 0 Å². The largest absolute Gasteiger partial charge is 0.484 e. The molecule has 0 spiro atoms. The zero-order valence-electron chi connectivity index (χ0n) is 16.3. The molecule has 0 aliphatic heterocycles. The number of carbonyl (C=O) groups is 2. The molecule has 2 aromatic rings. The number of rotatable bonds is 8. The highest BCUT2D eigenvalue weighted by molar-refractivity contribution is 5.80.